The van der Waals surface area contributed by atoms with Gasteiger partial charge in [-0.25, -0.2) is 0 Å². The van der Waals surface area contributed by atoms with Crippen molar-refractivity contribution in [2.75, 3.05) is 33.1 Å². The SMILES string of the molecule is COc1ccc(CN(C)CC(=O)Nc2ccc(C)cc2C)cc1OC. The number of ether oxygens (including phenoxy) is 2. The summed E-state index contributed by atoms with van der Waals surface area (Å²) in [4.78, 5) is 14.2. The van der Waals surface area contributed by atoms with Crippen LogP contribution in [0.15, 0.2) is 36.4 Å². The smallest absolute Gasteiger partial charge is 0.238 e. The summed E-state index contributed by atoms with van der Waals surface area (Å²) < 4.78 is 10.6. The van der Waals surface area contributed by atoms with E-state index in [1.807, 2.05) is 56.1 Å². The van der Waals surface area contributed by atoms with Crippen LogP contribution in [0, 0.1) is 13.8 Å². The summed E-state index contributed by atoms with van der Waals surface area (Å²) in [6, 6.07) is 11.8. The molecule has 5 heteroatoms. The number of amides is 1. The molecule has 0 aliphatic carbocycles. The Morgan fingerprint density at radius 1 is 1.04 bits per heavy atom. The van der Waals surface area contributed by atoms with E-state index >= 15 is 0 Å². The molecule has 0 unspecified atom stereocenters. The van der Waals surface area contributed by atoms with E-state index in [9.17, 15) is 4.79 Å². The molecule has 0 heterocycles. The van der Waals surface area contributed by atoms with E-state index in [2.05, 4.69) is 11.4 Å². The molecule has 25 heavy (non-hydrogen) atoms. The predicted octanol–water partition coefficient (Wildman–Crippen LogP) is 3.39. The first-order valence-electron chi connectivity index (χ1n) is 8.19. The van der Waals surface area contributed by atoms with E-state index < -0.39 is 0 Å². The molecule has 5 nitrogen and oxygen atoms in total. The lowest BCUT2D eigenvalue weighted by Crippen LogP contribution is -2.30. The summed E-state index contributed by atoms with van der Waals surface area (Å²) in [5.41, 5.74) is 4.16. The van der Waals surface area contributed by atoms with Crippen LogP contribution in [-0.2, 0) is 11.3 Å². The molecule has 0 fully saturated rings. The topological polar surface area (TPSA) is 50.8 Å². The molecule has 2 aromatic carbocycles. The van der Waals surface area contributed by atoms with Crippen LogP contribution in [0.5, 0.6) is 11.5 Å². The molecule has 0 atom stereocenters. The van der Waals surface area contributed by atoms with Gasteiger partial charge in [-0.05, 0) is 50.2 Å². The third-order valence-corrected chi connectivity index (χ3v) is 3.97. The Kier molecular flexibility index (Phi) is 6.42. The first-order valence-corrected chi connectivity index (χ1v) is 8.19. The molecular weight excluding hydrogens is 316 g/mol. The number of aryl methyl sites for hydroxylation is 2. The van der Waals surface area contributed by atoms with Gasteiger partial charge in [0.15, 0.2) is 11.5 Å². The van der Waals surface area contributed by atoms with Gasteiger partial charge >= 0.3 is 0 Å². The number of carbonyl (C=O) groups is 1. The number of likely N-dealkylation sites (N-methyl/N-ethyl adjacent to an activating group) is 1. The summed E-state index contributed by atoms with van der Waals surface area (Å²) in [5.74, 6) is 1.35. The maximum Gasteiger partial charge on any atom is 0.238 e. The second kappa shape index (κ2) is 8.53. The van der Waals surface area contributed by atoms with Crippen LogP contribution in [0.2, 0.25) is 0 Å². The minimum Gasteiger partial charge on any atom is -0.493 e. The van der Waals surface area contributed by atoms with Crippen molar-refractivity contribution < 1.29 is 14.3 Å². The summed E-state index contributed by atoms with van der Waals surface area (Å²) in [5, 5.41) is 2.97. The third kappa shape index (κ3) is 5.22. The first-order chi connectivity index (χ1) is 11.9. The van der Waals surface area contributed by atoms with Gasteiger partial charge in [-0.1, -0.05) is 23.8 Å². The molecule has 1 amide bonds. The summed E-state index contributed by atoms with van der Waals surface area (Å²) >= 11 is 0. The zero-order valence-electron chi connectivity index (χ0n) is 15.6. The Morgan fingerprint density at radius 2 is 1.76 bits per heavy atom. The largest absolute Gasteiger partial charge is 0.493 e. The van der Waals surface area contributed by atoms with Crippen LogP contribution in [0.1, 0.15) is 16.7 Å². The van der Waals surface area contributed by atoms with Gasteiger partial charge in [-0.2, -0.15) is 0 Å². The minimum absolute atomic E-state index is 0.0325. The van der Waals surface area contributed by atoms with Crippen LogP contribution in [0.25, 0.3) is 0 Å². The lowest BCUT2D eigenvalue weighted by atomic mass is 10.1. The third-order valence-electron chi connectivity index (χ3n) is 3.97. The van der Waals surface area contributed by atoms with Crippen LogP contribution < -0.4 is 14.8 Å². The van der Waals surface area contributed by atoms with E-state index in [-0.39, 0.29) is 5.91 Å². The van der Waals surface area contributed by atoms with Crippen molar-refractivity contribution in [1.29, 1.82) is 0 Å². The predicted molar refractivity (Wildman–Crippen MR) is 100 cm³/mol. The number of benzene rings is 2. The monoisotopic (exact) mass is 342 g/mol. The molecule has 0 saturated heterocycles. The normalized spacial score (nSPS) is 10.6. The Labute approximate surface area is 149 Å². The van der Waals surface area contributed by atoms with Crippen LogP contribution in [-0.4, -0.2) is 38.6 Å². The average Bonchev–Trinajstić information content (AvgIpc) is 2.57. The Bertz CT molecular complexity index is 744. The Morgan fingerprint density at radius 3 is 2.40 bits per heavy atom. The second-order valence-corrected chi connectivity index (χ2v) is 6.23. The highest BCUT2D eigenvalue weighted by molar-refractivity contribution is 5.92. The van der Waals surface area contributed by atoms with Crippen molar-refractivity contribution in [1.82, 2.24) is 4.90 Å². The molecule has 2 aromatic rings. The molecule has 0 aliphatic heterocycles. The summed E-state index contributed by atoms with van der Waals surface area (Å²) in [7, 11) is 5.14. The van der Waals surface area contributed by atoms with Crippen molar-refractivity contribution in [3.63, 3.8) is 0 Å². The van der Waals surface area contributed by atoms with Gasteiger partial charge in [0.1, 0.15) is 0 Å². The van der Waals surface area contributed by atoms with E-state index in [1.54, 1.807) is 14.2 Å². The molecule has 0 radical (unpaired) electrons. The van der Waals surface area contributed by atoms with Crippen LogP contribution >= 0.6 is 0 Å². The zero-order chi connectivity index (χ0) is 18.4. The standard InChI is InChI=1S/C20H26N2O3/c1-14-6-8-17(15(2)10-14)21-20(23)13-22(3)12-16-7-9-18(24-4)19(11-16)25-5/h6-11H,12-13H2,1-5H3,(H,21,23). The highest BCUT2D eigenvalue weighted by Crippen LogP contribution is 2.27. The first kappa shape index (κ1) is 18.8. The quantitative estimate of drug-likeness (QED) is 0.838. The maximum absolute atomic E-state index is 12.3. The highest BCUT2D eigenvalue weighted by Gasteiger charge is 2.11. The van der Waals surface area contributed by atoms with E-state index in [0.717, 1.165) is 16.8 Å². The molecule has 134 valence electrons. The van der Waals surface area contributed by atoms with Gasteiger partial charge in [0.25, 0.3) is 0 Å². The number of methoxy groups -OCH3 is 2. The van der Waals surface area contributed by atoms with Crippen molar-refractivity contribution in [2.24, 2.45) is 0 Å². The van der Waals surface area contributed by atoms with E-state index in [1.165, 1.54) is 5.56 Å². The van der Waals surface area contributed by atoms with Crippen LogP contribution in [0.4, 0.5) is 5.69 Å². The average molecular weight is 342 g/mol. The number of hydrogen-bond donors (Lipinski definition) is 1. The molecule has 0 aromatic heterocycles. The molecular formula is C20H26N2O3. The fourth-order valence-electron chi connectivity index (χ4n) is 2.74. The molecule has 0 spiro atoms. The van der Waals surface area contributed by atoms with E-state index in [0.29, 0.717) is 24.6 Å². The lowest BCUT2D eigenvalue weighted by molar-refractivity contribution is -0.117. The van der Waals surface area contributed by atoms with Gasteiger partial charge < -0.3 is 14.8 Å². The van der Waals surface area contributed by atoms with E-state index in [4.69, 9.17) is 9.47 Å². The van der Waals surface area contributed by atoms with Gasteiger partial charge in [0.2, 0.25) is 5.91 Å². The highest BCUT2D eigenvalue weighted by atomic mass is 16.5. The molecule has 0 aliphatic rings. The fraction of sp³-hybridized carbons (Fsp3) is 0.350. The van der Waals surface area contributed by atoms with Gasteiger partial charge in [-0.15, -0.1) is 0 Å². The van der Waals surface area contributed by atoms with Crippen molar-refractivity contribution in [3.05, 3.63) is 53.1 Å². The molecule has 0 bridgehead atoms. The number of nitrogens with one attached hydrogen (secondary N) is 1. The molecule has 2 rings (SSSR count). The molecule has 1 N–H and O–H groups in total. The lowest BCUT2D eigenvalue weighted by Gasteiger charge is -2.18. The number of nitrogens with zero attached hydrogens (tertiary/aromatic N) is 1. The maximum atomic E-state index is 12.3. The number of carbonyl (C=O) groups excluding carboxylic acids is 1. The van der Waals surface area contributed by atoms with Gasteiger partial charge in [-0.3, -0.25) is 9.69 Å². The minimum atomic E-state index is -0.0325. The number of anilines is 1. The van der Waals surface area contributed by atoms with Crippen molar-refractivity contribution in [3.8, 4) is 11.5 Å². The van der Waals surface area contributed by atoms with Gasteiger partial charge in [0.05, 0.1) is 20.8 Å². The van der Waals surface area contributed by atoms with Crippen LogP contribution in [0.3, 0.4) is 0 Å². The Balaban J connectivity index is 1.95. The van der Waals surface area contributed by atoms with Crippen molar-refractivity contribution in [2.45, 2.75) is 20.4 Å². The summed E-state index contributed by atoms with van der Waals surface area (Å²) in [6.45, 7) is 4.98. The number of hydrogen-bond acceptors (Lipinski definition) is 4. The Hall–Kier alpha value is -2.53. The van der Waals surface area contributed by atoms with Crippen molar-refractivity contribution >= 4 is 11.6 Å². The fourth-order valence-corrected chi connectivity index (χ4v) is 2.74. The second-order valence-electron chi connectivity index (χ2n) is 6.23. The van der Waals surface area contributed by atoms with Gasteiger partial charge in [0, 0.05) is 12.2 Å². The number of rotatable bonds is 7. The zero-order valence-corrected chi connectivity index (χ0v) is 15.6. The molecule has 0 saturated carbocycles. The summed E-state index contributed by atoms with van der Waals surface area (Å²) in [6.07, 6.45) is 0.